The van der Waals surface area contributed by atoms with Gasteiger partial charge >= 0.3 is 5.97 Å². The molecule has 0 bridgehead atoms. The monoisotopic (exact) mass is 494 g/mol. The van der Waals surface area contributed by atoms with Gasteiger partial charge in [0, 0.05) is 29.8 Å². The van der Waals surface area contributed by atoms with Gasteiger partial charge in [-0.25, -0.2) is 9.18 Å². The third-order valence-electron chi connectivity index (χ3n) is 6.13. The first-order valence-electron chi connectivity index (χ1n) is 10.9. The molecule has 1 saturated heterocycles. The van der Waals surface area contributed by atoms with Gasteiger partial charge in [-0.2, -0.15) is 27.6 Å². The Hall–Kier alpha value is -2.23. The largest absolute Gasteiger partial charge is 0.480 e. The zero-order chi connectivity index (χ0) is 22.8. The first kappa shape index (κ1) is 25.4. The molecule has 33 heavy (non-hydrogen) atoms. The van der Waals surface area contributed by atoms with Gasteiger partial charge in [0.25, 0.3) is 0 Å². The summed E-state index contributed by atoms with van der Waals surface area (Å²) >= 11 is 4.70. The van der Waals surface area contributed by atoms with E-state index < -0.39 is 18.1 Å². The Balaban J connectivity index is 0.00000306. The number of rotatable bonds is 8. The van der Waals surface area contributed by atoms with E-state index in [2.05, 4.69) is 10.2 Å². The molecule has 3 unspecified atom stereocenters. The quantitative estimate of drug-likeness (QED) is 0.540. The van der Waals surface area contributed by atoms with Crippen LogP contribution in [0.4, 0.5) is 4.39 Å². The van der Waals surface area contributed by atoms with Gasteiger partial charge in [-0.15, -0.1) is 12.4 Å². The molecule has 10 heteroatoms. The molecule has 1 N–H and O–H groups in total. The average Bonchev–Trinajstić information content (AvgIpc) is 3.52. The van der Waals surface area contributed by atoms with Gasteiger partial charge in [-0.05, 0) is 43.4 Å². The molecule has 178 valence electrons. The van der Waals surface area contributed by atoms with Crippen LogP contribution in [-0.4, -0.2) is 55.1 Å². The molecule has 1 saturated carbocycles. The fourth-order valence-electron chi connectivity index (χ4n) is 4.20. The topological polar surface area (TPSA) is 88.3 Å². The summed E-state index contributed by atoms with van der Waals surface area (Å²) in [4.78, 5) is 27.8. The number of benzene rings is 1. The first-order valence-corrected chi connectivity index (χ1v) is 11.5. The number of likely N-dealkylation sites (tertiary alicyclic amines) is 1. The lowest BCUT2D eigenvalue weighted by molar-refractivity contribution is -0.141. The smallest absolute Gasteiger partial charge is 0.330 e. The Labute approximate surface area is 203 Å². The molecule has 0 radical (unpaired) electrons. The van der Waals surface area contributed by atoms with Crippen molar-refractivity contribution in [1.82, 2.24) is 19.9 Å². The van der Waals surface area contributed by atoms with E-state index in [1.807, 2.05) is 11.0 Å². The molecular weight excluding hydrogens is 467 g/mol. The van der Waals surface area contributed by atoms with Gasteiger partial charge in [-0.3, -0.25) is 9.69 Å². The minimum atomic E-state index is -0.982. The maximum absolute atomic E-state index is 14.7. The van der Waals surface area contributed by atoms with Crippen molar-refractivity contribution < 1.29 is 19.1 Å². The van der Waals surface area contributed by atoms with E-state index in [1.54, 1.807) is 25.1 Å². The van der Waals surface area contributed by atoms with E-state index in [9.17, 15) is 19.1 Å². The maximum Gasteiger partial charge on any atom is 0.330 e. The molecule has 2 heterocycles. The minimum Gasteiger partial charge on any atom is -0.480 e. The molecule has 4 rings (SSSR count). The van der Waals surface area contributed by atoms with Crippen LogP contribution < -0.4 is 0 Å². The number of aromatic nitrogens is 3. The number of thiol groups is 1. The van der Waals surface area contributed by atoms with E-state index in [-0.39, 0.29) is 35.2 Å². The average molecular weight is 495 g/mol. The Morgan fingerprint density at radius 2 is 2.03 bits per heavy atom. The minimum absolute atomic E-state index is 0. The highest BCUT2D eigenvalue weighted by Crippen LogP contribution is 2.39. The second kappa shape index (κ2) is 10.8. The highest BCUT2D eigenvalue weighted by atomic mass is 35.5. The second-order valence-corrected chi connectivity index (χ2v) is 9.07. The van der Waals surface area contributed by atoms with Gasteiger partial charge in [-0.1, -0.05) is 25.1 Å². The number of ketones is 1. The van der Waals surface area contributed by atoms with Crippen LogP contribution >= 0.6 is 25.0 Å². The summed E-state index contributed by atoms with van der Waals surface area (Å²) in [6, 6.07) is 5.04. The Morgan fingerprint density at radius 3 is 2.67 bits per heavy atom. The highest BCUT2D eigenvalue weighted by Gasteiger charge is 2.40. The molecule has 0 spiro atoms. The number of hydrogen-bond donors (Lipinski definition) is 2. The summed E-state index contributed by atoms with van der Waals surface area (Å²) in [7, 11) is 0. The van der Waals surface area contributed by atoms with Crippen molar-refractivity contribution in [1.29, 1.82) is 0 Å². The third kappa shape index (κ3) is 5.65. The third-order valence-corrected chi connectivity index (χ3v) is 6.72. The van der Waals surface area contributed by atoms with Crippen LogP contribution in [0.25, 0.3) is 6.08 Å². The van der Waals surface area contributed by atoms with E-state index >= 15 is 0 Å². The van der Waals surface area contributed by atoms with Crippen LogP contribution in [0.3, 0.4) is 0 Å². The maximum atomic E-state index is 14.7. The second-order valence-electron chi connectivity index (χ2n) is 8.45. The predicted molar refractivity (Wildman–Crippen MR) is 128 cm³/mol. The number of aliphatic carboxylic acids is 1. The molecule has 1 aromatic heterocycles. The van der Waals surface area contributed by atoms with E-state index in [1.165, 1.54) is 17.1 Å². The normalized spacial score (nSPS) is 21.9. The molecule has 2 aliphatic rings. The van der Waals surface area contributed by atoms with Gasteiger partial charge < -0.3 is 5.11 Å². The molecular formula is C23H28ClFN4O3S. The van der Waals surface area contributed by atoms with Crippen molar-refractivity contribution in [2.45, 2.75) is 49.9 Å². The van der Waals surface area contributed by atoms with Crippen molar-refractivity contribution in [3.8, 4) is 0 Å². The van der Waals surface area contributed by atoms with Crippen LogP contribution in [0.2, 0.25) is 0 Å². The first-order chi connectivity index (χ1) is 15.4. The highest BCUT2D eigenvalue weighted by molar-refractivity contribution is 7.81. The number of hydrogen-bond acceptors (Lipinski definition) is 6. The molecule has 2 aromatic rings. The standard InChI is InChI=1S/C23H27FN4O3S.ClH/c1-2-19(23(30)31)28-25-12-16(26-28)11-15-13-27(10-9-20(15)32)21(22(29)14-7-8-14)17-5-3-4-6-18(17)24;/h3-6,11-12,14,19-21,32H,2,7-10,13H2,1H3,(H,30,31);1H. The van der Waals surface area contributed by atoms with E-state index in [4.69, 9.17) is 12.6 Å². The van der Waals surface area contributed by atoms with Crippen LogP contribution in [-0.2, 0) is 9.59 Å². The molecule has 3 atom stereocenters. The van der Waals surface area contributed by atoms with Crippen LogP contribution in [0.5, 0.6) is 0 Å². The Morgan fingerprint density at radius 1 is 1.30 bits per heavy atom. The predicted octanol–water partition coefficient (Wildman–Crippen LogP) is 3.98. The summed E-state index contributed by atoms with van der Waals surface area (Å²) in [5.74, 6) is -1.27. The van der Waals surface area contributed by atoms with Crippen LogP contribution in [0, 0.1) is 11.7 Å². The van der Waals surface area contributed by atoms with Crippen molar-refractivity contribution in [3.63, 3.8) is 0 Å². The zero-order valence-electron chi connectivity index (χ0n) is 18.3. The van der Waals surface area contributed by atoms with Crippen LogP contribution in [0.1, 0.15) is 55.9 Å². The number of carboxylic acids is 1. The Bertz CT molecular complexity index is 1040. The van der Waals surface area contributed by atoms with E-state index in [0.29, 0.717) is 37.2 Å². The number of carbonyl (C=O) groups is 2. The summed E-state index contributed by atoms with van der Waals surface area (Å²) in [6.07, 6.45) is 6.18. The molecule has 1 aliphatic heterocycles. The lowest BCUT2D eigenvalue weighted by Gasteiger charge is -2.37. The summed E-state index contributed by atoms with van der Waals surface area (Å²) < 4.78 is 14.7. The number of nitrogens with zero attached hydrogens (tertiary/aromatic N) is 4. The fourth-order valence-corrected chi connectivity index (χ4v) is 4.48. The lowest BCUT2D eigenvalue weighted by atomic mass is 9.93. The number of piperidine rings is 1. The molecule has 1 aromatic carbocycles. The SMILES string of the molecule is CCC(C(=O)O)n1ncc(C=C2CN(C(C(=O)C3CC3)c3ccccc3F)CCC2S)n1.Cl. The number of carbonyl (C=O) groups excluding carboxylic acids is 1. The van der Waals surface area contributed by atoms with Gasteiger partial charge in [0.15, 0.2) is 11.8 Å². The van der Waals surface area contributed by atoms with Crippen molar-refractivity contribution >= 4 is 42.9 Å². The van der Waals surface area contributed by atoms with Crippen LogP contribution in [0.15, 0.2) is 36.0 Å². The molecule has 7 nitrogen and oxygen atoms in total. The molecule has 2 fully saturated rings. The number of carboxylic acid groups (broad SMARTS) is 1. The van der Waals surface area contributed by atoms with Crippen molar-refractivity contribution in [3.05, 3.63) is 53.1 Å². The summed E-state index contributed by atoms with van der Waals surface area (Å²) in [5, 5.41) is 17.7. The lowest BCUT2D eigenvalue weighted by Crippen LogP contribution is -2.42. The number of halogens is 2. The zero-order valence-corrected chi connectivity index (χ0v) is 20.0. The van der Waals surface area contributed by atoms with Gasteiger partial charge in [0.05, 0.1) is 12.2 Å². The van der Waals surface area contributed by atoms with Gasteiger partial charge in [0.2, 0.25) is 0 Å². The van der Waals surface area contributed by atoms with Gasteiger partial charge in [0.1, 0.15) is 11.5 Å². The number of Topliss-reactive ketones (excluding diaryl/α,β-unsaturated/α-hetero) is 1. The summed E-state index contributed by atoms with van der Waals surface area (Å²) in [5.41, 5.74) is 1.90. The molecule has 0 amide bonds. The van der Waals surface area contributed by atoms with Crippen molar-refractivity contribution in [2.24, 2.45) is 5.92 Å². The molecule has 1 aliphatic carbocycles. The van der Waals surface area contributed by atoms with Crippen molar-refractivity contribution in [2.75, 3.05) is 13.1 Å². The summed E-state index contributed by atoms with van der Waals surface area (Å²) in [6.45, 7) is 2.85. The Kier molecular flexibility index (Phi) is 8.31. The fraction of sp³-hybridized carbons (Fsp3) is 0.478. The van der Waals surface area contributed by atoms with E-state index in [0.717, 1.165) is 18.4 Å².